The van der Waals surface area contributed by atoms with E-state index in [0.29, 0.717) is 6.42 Å². The van der Waals surface area contributed by atoms with Crippen molar-refractivity contribution < 1.29 is 5.11 Å². The third-order valence-corrected chi connectivity index (χ3v) is 0.734. The van der Waals surface area contributed by atoms with Crippen LogP contribution in [0.4, 0.5) is 0 Å². The van der Waals surface area contributed by atoms with Crippen LogP contribution >= 0.6 is 11.6 Å². The fourth-order valence-corrected chi connectivity index (χ4v) is 0.445. The zero-order chi connectivity index (χ0) is 4.99. The molecule has 0 rings (SSSR count). The minimum atomic E-state index is -0.880. The highest BCUT2D eigenvalue weighted by Crippen LogP contribution is 1.99. The lowest BCUT2D eigenvalue weighted by Crippen LogP contribution is -1.88. The summed E-state index contributed by atoms with van der Waals surface area (Å²) in [6, 6.07) is 0. The SMILES string of the molecule is CCCC([O])Cl. The molecule has 6 heavy (non-hydrogen) atoms. The molecule has 0 aromatic rings. The van der Waals surface area contributed by atoms with E-state index in [4.69, 9.17) is 11.6 Å². The third-order valence-electron chi connectivity index (χ3n) is 0.516. The molecule has 0 fully saturated rings. The second kappa shape index (κ2) is 3.44. The first-order valence-corrected chi connectivity index (χ1v) is 2.51. The smallest absolute Gasteiger partial charge is 0.166 e. The summed E-state index contributed by atoms with van der Waals surface area (Å²) in [5.41, 5.74) is -0.880. The van der Waals surface area contributed by atoms with E-state index < -0.39 is 5.56 Å². The van der Waals surface area contributed by atoms with Crippen molar-refractivity contribution in [1.29, 1.82) is 0 Å². The Kier molecular flexibility index (Phi) is 3.58. The fourth-order valence-electron chi connectivity index (χ4n) is 0.227. The van der Waals surface area contributed by atoms with Crippen LogP contribution < -0.4 is 0 Å². The zero-order valence-electron chi connectivity index (χ0n) is 3.78. The molecule has 1 radical (unpaired) electrons. The van der Waals surface area contributed by atoms with E-state index in [1.165, 1.54) is 0 Å². The van der Waals surface area contributed by atoms with E-state index in [1.807, 2.05) is 6.92 Å². The van der Waals surface area contributed by atoms with E-state index in [9.17, 15) is 5.11 Å². The Bertz CT molecular complexity index is 28.7. The lowest BCUT2D eigenvalue weighted by atomic mass is 10.4. The van der Waals surface area contributed by atoms with Gasteiger partial charge in [0.1, 0.15) is 0 Å². The average Bonchev–Trinajstić information content (AvgIpc) is 1.35. The quantitative estimate of drug-likeness (QED) is 0.480. The molecule has 0 aliphatic rings. The molecule has 2 heteroatoms. The van der Waals surface area contributed by atoms with Gasteiger partial charge in [-0.15, -0.1) is 0 Å². The first-order valence-electron chi connectivity index (χ1n) is 2.07. The predicted molar refractivity (Wildman–Crippen MR) is 25.2 cm³/mol. The second-order valence-corrected chi connectivity index (χ2v) is 1.69. The number of alkyl halides is 1. The van der Waals surface area contributed by atoms with Gasteiger partial charge < -0.3 is 0 Å². The minimum absolute atomic E-state index is 0.585. The van der Waals surface area contributed by atoms with Gasteiger partial charge in [0.05, 0.1) is 0 Å². The molecule has 1 unspecified atom stereocenters. The summed E-state index contributed by atoms with van der Waals surface area (Å²) in [6.07, 6.45) is 1.47. The lowest BCUT2D eigenvalue weighted by Gasteiger charge is -1.89. The Morgan fingerprint density at radius 2 is 2.33 bits per heavy atom. The van der Waals surface area contributed by atoms with Gasteiger partial charge in [0.15, 0.2) is 5.56 Å². The van der Waals surface area contributed by atoms with Crippen molar-refractivity contribution in [3.8, 4) is 0 Å². The van der Waals surface area contributed by atoms with Crippen LogP contribution in [0.2, 0.25) is 0 Å². The van der Waals surface area contributed by atoms with Crippen molar-refractivity contribution in [1.82, 2.24) is 0 Å². The summed E-state index contributed by atoms with van der Waals surface area (Å²) in [5.74, 6) is 0. The topological polar surface area (TPSA) is 19.9 Å². The van der Waals surface area contributed by atoms with Crippen LogP contribution in [0.25, 0.3) is 0 Å². The normalized spacial score (nSPS) is 14.5. The summed E-state index contributed by atoms with van der Waals surface area (Å²) >= 11 is 5.02. The molecule has 0 saturated carbocycles. The molecule has 0 aliphatic carbocycles. The third kappa shape index (κ3) is 4.25. The van der Waals surface area contributed by atoms with Gasteiger partial charge in [-0.25, -0.2) is 5.11 Å². The van der Waals surface area contributed by atoms with Crippen molar-refractivity contribution in [3.63, 3.8) is 0 Å². The Hall–Kier alpha value is 0.250. The van der Waals surface area contributed by atoms with Gasteiger partial charge in [0, 0.05) is 0 Å². The summed E-state index contributed by atoms with van der Waals surface area (Å²) in [7, 11) is 0. The van der Waals surface area contributed by atoms with Crippen LogP contribution in [0.1, 0.15) is 19.8 Å². The molecular weight excluding hydrogens is 99.5 g/mol. The monoisotopic (exact) mass is 107 g/mol. The lowest BCUT2D eigenvalue weighted by molar-refractivity contribution is 0.150. The molecule has 0 amide bonds. The zero-order valence-corrected chi connectivity index (χ0v) is 4.53. The van der Waals surface area contributed by atoms with Crippen molar-refractivity contribution in [2.45, 2.75) is 25.3 Å². The van der Waals surface area contributed by atoms with E-state index in [1.54, 1.807) is 0 Å². The number of hydrogen-bond donors (Lipinski definition) is 0. The molecule has 0 aromatic heterocycles. The van der Waals surface area contributed by atoms with Crippen LogP contribution in [-0.4, -0.2) is 5.56 Å². The van der Waals surface area contributed by atoms with Crippen LogP contribution in [0.3, 0.4) is 0 Å². The average molecular weight is 108 g/mol. The maximum Gasteiger partial charge on any atom is 0.166 e. The van der Waals surface area contributed by atoms with Gasteiger partial charge >= 0.3 is 0 Å². The molecule has 1 nitrogen and oxygen atoms in total. The molecular formula is C4H8ClO. The highest BCUT2D eigenvalue weighted by atomic mass is 35.5. The Morgan fingerprint density at radius 1 is 1.83 bits per heavy atom. The van der Waals surface area contributed by atoms with Gasteiger partial charge in [-0.1, -0.05) is 24.9 Å². The van der Waals surface area contributed by atoms with Gasteiger partial charge in [0.25, 0.3) is 0 Å². The summed E-state index contributed by atoms with van der Waals surface area (Å²) < 4.78 is 0. The van der Waals surface area contributed by atoms with Gasteiger partial charge in [-0.05, 0) is 6.42 Å². The molecule has 0 aromatic carbocycles. The van der Waals surface area contributed by atoms with E-state index in [-0.39, 0.29) is 0 Å². The molecule has 0 heterocycles. The van der Waals surface area contributed by atoms with Crippen LogP contribution in [0.5, 0.6) is 0 Å². The number of hydrogen-bond acceptors (Lipinski definition) is 0. The maximum absolute atomic E-state index is 9.89. The highest BCUT2D eigenvalue weighted by molar-refractivity contribution is 6.19. The summed E-state index contributed by atoms with van der Waals surface area (Å²) in [5, 5.41) is 9.89. The molecule has 1 atom stereocenters. The summed E-state index contributed by atoms with van der Waals surface area (Å²) in [6.45, 7) is 1.94. The first-order chi connectivity index (χ1) is 2.77. The number of rotatable bonds is 2. The van der Waals surface area contributed by atoms with E-state index in [0.717, 1.165) is 6.42 Å². The van der Waals surface area contributed by atoms with E-state index in [2.05, 4.69) is 0 Å². The van der Waals surface area contributed by atoms with Gasteiger partial charge in [0.2, 0.25) is 0 Å². The minimum Gasteiger partial charge on any atom is -0.216 e. The predicted octanol–water partition coefficient (Wildman–Crippen LogP) is 1.78. The van der Waals surface area contributed by atoms with Crippen molar-refractivity contribution in [2.75, 3.05) is 0 Å². The van der Waals surface area contributed by atoms with Crippen LogP contribution in [-0.2, 0) is 5.11 Å². The van der Waals surface area contributed by atoms with Gasteiger partial charge in [-0.3, -0.25) is 0 Å². The molecule has 37 valence electrons. The standard InChI is InChI=1S/C4H8ClO/c1-2-3-4(5)6/h4H,2-3H2,1H3. The van der Waals surface area contributed by atoms with Crippen molar-refractivity contribution >= 4 is 11.6 Å². The summed E-state index contributed by atoms with van der Waals surface area (Å²) in [4.78, 5) is 0. The van der Waals surface area contributed by atoms with Crippen molar-refractivity contribution in [3.05, 3.63) is 0 Å². The molecule has 0 aliphatic heterocycles. The first kappa shape index (κ1) is 6.25. The van der Waals surface area contributed by atoms with Gasteiger partial charge in [-0.2, -0.15) is 0 Å². The highest BCUT2D eigenvalue weighted by Gasteiger charge is 1.93. The Labute approximate surface area is 42.9 Å². The van der Waals surface area contributed by atoms with E-state index >= 15 is 0 Å². The Balaban J connectivity index is 2.63. The largest absolute Gasteiger partial charge is 0.216 e. The Morgan fingerprint density at radius 3 is 2.33 bits per heavy atom. The molecule has 0 bridgehead atoms. The number of halogens is 1. The van der Waals surface area contributed by atoms with Crippen LogP contribution in [0.15, 0.2) is 0 Å². The fraction of sp³-hybridized carbons (Fsp3) is 1.00. The van der Waals surface area contributed by atoms with Crippen molar-refractivity contribution in [2.24, 2.45) is 0 Å². The second-order valence-electron chi connectivity index (χ2n) is 1.20. The molecule has 0 N–H and O–H groups in total. The van der Waals surface area contributed by atoms with Crippen LogP contribution in [0, 0.1) is 0 Å². The molecule has 0 saturated heterocycles. The maximum atomic E-state index is 9.89. The molecule has 0 spiro atoms.